The Morgan fingerprint density at radius 3 is 3.00 bits per heavy atom. The van der Waals surface area contributed by atoms with Gasteiger partial charge in [0, 0.05) is 28.9 Å². The molecule has 2 heterocycles. The smallest absolute Gasteiger partial charge is 0.336 e. The summed E-state index contributed by atoms with van der Waals surface area (Å²) in [4.78, 5) is 22.7. The summed E-state index contributed by atoms with van der Waals surface area (Å²) in [6.45, 7) is 2.01. The number of carboxylic acids is 1. The third kappa shape index (κ3) is 1.84. The summed E-state index contributed by atoms with van der Waals surface area (Å²) in [6.07, 6.45) is 5.72. The van der Waals surface area contributed by atoms with Crippen molar-refractivity contribution >= 4 is 17.0 Å². The van der Waals surface area contributed by atoms with E-state index in [9.17, 15) is 9.90 Å². The highest BCUT2D eigenvalue weighted by molar-refractivity contribution is 6.03. The molecule has 0 saturated carbocycles. The number of rotatable bonds is 3. The zero-order valence-electron chi connectivity index (χ0n) is 10.9. The number of nitrogens with zero attached hydrogens (tertiary/aromatic N) is 2. The van der Waals surface area contributed by atoms with E-state index >= 15 is 0 Å². The van der Waals surface area contributed by atoms with E-state index in [1.165, 1.54) is 6.33 Å². The Kier molecular flexibility index (Phi) is 2.95. The highest BCUT2D eigenvalue weighted by atomic mass is 16.4. The van der Waals surface area contributed by atoms with E-state index in [-0.39, 0.29) is 0 Å². The molecule has 0 aliphatic heterocycles. The number of aromatic carboxylic acids is 1. The highest BCUT2D eigenvalue weighted by Crippen LogP contribution is 2.33. The minimum absolute atomic E-state index is 0.300. The first-order valence-electron chi connectivity index (χ1n) is 6.35. The van der Waals surface area contributed by atoms with Crippen LogP contribution in [0.5, 0.6) is 0 Å². The van der Waals surface area contributed by atoms with Gasteiger partial charge in [0.2, 0.25) is 0 Å². The van der Waals surface area contributed by atoms with Crippen molar-refractivity contribution in [2.75, 3.05) is 0 Å². The lowest BCUT2D eigenvalue weighted by Gasteiger charge is -2.10. The summed E-state index contributed by atoms with van der Waals surface area (Å²) in [5, 5.41) is 10.2. The molecule has 100 valence electrons. The summed E-state index contributed by atoms with van der Waals surface area (Å²) in [5.41, 5.74) is 3.57. The summed E-state index contributed by atoms with van der Waals surface area (Å²) in [7, 11) is 0. The fourth-order valence-electron chi connectivity index (χ4n) is 2.46. The molecule has 0 atom stereocenters. The standard InChI is InChI=1S/C15H13N3O2/c1-2-9-4-3-5-10(15(19)20)13(9)11-7-17-14-12(11)6-16-8-18-14/h3-8H,2H2,1H3,(H,19,20)(H,16,17,18). The largest absolute Gasteiger partial charge is 0.478 e. The molecule has 0 bridgehead atoms. The minimum Gasteiger partial charge on any atom is -0.478 e. The van der Waals surface area contributed by atoms with Crippen LogP contribution in [-0.4, -0.2) is 26.0 Å². The van der Waals surface area contributed by atoms with E-state index in [0.717, 1.165) is 28.5 Å². The van der Waals surface area contributed by atoms with Crippen molar-refractivity contribution in [2.45, 2.75) is 13.3 Å². The maximum absolute atomic E-state index is 11.5. The molecule has 2 aromatic heterocycles. The molecule has 5 nitrogen and oxygen atoms in total. The Hall–Kier alpha value is -2.69. The number of benzene rings is 1. The van der Waals surface area contributed by atoms with Crippen LogP contribution in [-0.2, 0) is 6.42 Å². The molecule has 0 unspecified atom stereocenters. The zero-order valence-corrected chi connectivity index (χ0v) is 10.9. The van der Waals surface area contributed by atoms with Crippen molar-refractivity contribution in [1.82, 2.24) is 15.0 Å². The second kappa shape index (κ2) is 4.77. The van der Waals surface area contributed by atoms with Gasteiger partial charge in [0.05, 0.1) is 5.56 Å². The number of aromatic nitrogens is 3. The monoisotopic (exact) mass is 267 g/mol. The summed E-state index contributed by atoms with van der Waals surface area (Å²) in [6, 6.07) is 5.35. The van der Waals surface area contributed by atoms with Crippen LogP contribution < -0.4 is 0 Å². The fourth-order valence-corrected chi connectivity index (χ4v) is 2.46. The van der Waals surface area contributed by atoms with Crippen LogP contribution in [0.25, 0.3) is 22.2 Å². The van der Waals surface area contributed by atoms with Gasteiger partial charge in [-0.1, -0.05) is 19.1 Å². The van der Waals surface area contributed by atoms with Crippen molar-refractivity contribution in [3.05, 3.63) is 48.0 Å². The Labute approximate surface area is 115 Å². The van der Waals surface area contributed by atoms with Crippen molar-refractivity contribution < 1.29 is 9.90 Å². The van der Waals surface area contributed by atoms with E-state index in [0.29, 0.717) is 11.2 Å². The first-order chi connectivity index (χ1) is 9.72. The average molecular weight is 267 g/mol. The number of hydrogen-bond acceptors (Lipinski definition) is 3. The summed E-state index contributed by atoms with van der Waals surface area (Å²) >= 11 is 0. The maximum atomic E-state index is 11.5. The van der Waals surface area contributed by atoms with Crippen LogP contribution in [0.4, 0.5) is 0 Å². The topological polar surface area (TPSA) is 78.9 Å². The molecule has 0 aliphatic rings. The Morgan fingerprint density at radius 2 is 2.25 bits per heavy atom. The van der Waals surface area contributed by atoms with Gasteiger partial charge in [-0.2, -0.15) is 0 Å². The van der Waals surface area contributed by atoms with Crippen molar-refractivity contribution in [2.24, 2.45) is 0 Å². The lowest BCUT2D eigenvalue weighted by atomic mass is 9.93. The van der Waals surface area contributed by atoms with Gasteiger partial charge >= 0.3 is 5.97 Å². The van der Waals surface area contributed by atoms with Crippen molar-refractivity contribution in [1.29, 1.82) is 0 Å². The quantitative estimate of drug-likeness (QED) is 0.764. The van der Waals surface area contributed by atoms with Crippen molar-refractivity contribution in [3.8, 4) is 11.1 Å². The van der Waals surface area contributed by atoms with Gasteiger partial charge < -0.3 is 10.1 Å². The van der Waals surface area contributed by atoms with Gasteiger partial charge in [-0.25, -0.2) is 14.8 Å². The lowest BCUT2D eigenvalue weighted by Crippen LogP contribution is -2.02. The first-order valence-corrected chi connectivity index (χ1v) is 6.35. The van der Waals surface area contributed by atoms with Gasteiger partial charge in [-0.05, 0) is 18.1 Å². The number of hydrogen-bond donors (Lipinski definition) is 2. The molecular formula is C15H13N3O2. The average Bonchev–Trinajstić information content (AvgIpc) is 2.90. The molecule has 1 aromatic carbocycles. The number of carboxylic acid groups (broad SMARTS) is 1. The normalized spacial score (nSPS) is 10.8. The van der Waals surface area contributed by atoms with Crippen LogP contribution in [0.15, 0.2) is 36.9 Å². The third-order valence-electron chi connectivity index (χ3n) is 3.39. The molecule has 0 saturated heterocycles. The molecule has 0 amide bonds. The number of nitrogens with one attached hydrogen (secondary N) is 1. The predicted molar refractivity (Wildman–Crippen MR) is 75.7 cm³/mol. The number of H-pyrrole nitrogens is 1. The first kappa shape index (κ1) is 12.3. The highest BCUT2D eigenvalue weighted by Gasteiger charge is 2.18. The summed E-state index contributed by atoms with van der Waals surface area (Å²) < 4.78 is 0. The van der Waals surface area contributed by atoms with Gasteiger partial charge in [0.1, 0.15) is 12.0 Å². The van der Waals surface area contributed by atoms with Crippen LogP contribution in [0.2, 0.25) is 0 Å². The third-order valence-corrected chi connectivity index (χ3v) is 3.39. The number of aryl methyl sites for hydroxylation is 1. The second-order valence-corrected chi connectivity index (χ2v) is 4.49. The molecule has 2 N–H and O–H groups in total. The molecule has 3 aromatic rings. The Morgan fingerprint density at radius 1 is 1.40 bits per heavy atom. The van der Waals surface area contributed by atoms with E-state index < -0.39 is 5.97 Å². The van der Waals surface area contributed by atoms with E-state index in [1.54, 1.807) is 24.5 Å². The molecule has 20 heavy (non-hydrogen) atoms. The van der Waals surface area contributed by atoms with Crippen molar-refractivity contribution in [3.63, 3.8) is 0 Å². The van der Waals surface area contributed by atoms with E-state index in [4.69, 9.17) is 0 Å². The SMILES string of the molecule is CCc1cccc(C(=O)O)c1-c1c[nH]c2ncncc12. The van der Waals surface area contributed by atoms with Crippen LogP contribution in [0, 0.1) is 0 Å². The Balaban J connectivity index is 2.36. The molecule has 3 rings (SSSR count). The molecule has 0 aliphatic carbocycles. The van der Waals surface area contributed by atoms with E-state index in [2.05, 4.69) is 15.0 Å². The number of fused-ring (bicyclic) bond motifs is 1. The van der Waals surface area contributed by atoms with Gasteiger partial charge in [-0.3, -0.25) is 0 Å². The predicted octanol–water partition coefficient (Wildman–Crippen LogP) is 2.89. The molecule has 0 radical (unpaired) electrons. The van der Waals surface area contributed by atoms with Gasteiger partial charge in [-0.15, -0.1) is 0 Å². The lowest BCUT2D eigenvalue weighted by molar-refractivity contribution is 0.0697. The second-order valence-electron chi connectivity index (χ2n) is 4.49. The molecule has 5 heteroatoms. The van der Waals surface area contributed by atoms with Crippen LogP contribution in [0.1, 0.15) is 22.8 Å². The molecule has 0 spiro atoms. The van der Waals surface area contributed by atoms with E-state index in [1.807, 2.05) is 13.0 Å². The fraction of sp³-hybridized carbons (Fsp3) is 0.133. The summed E-state index contributed by atoms with van der Waals surface area (Å²) in [5.74, 6) is -0.929. The van der Waals surface area contributed by atoms with Crippen LogP contribution >= 0.6 is 0 Å². The number of aromatic amines is 1. The maximum Gasteiger partial charge on any atom is 0.336 e. The van der Waals surface area contributed by atoms with Gasteiger partial charge in [0.25, 0.3) is 0 Å². The van der Waals surface area contributed by atoms with Crippen LogP contribution in [0.3, 0.4) is 0 Å². The molecule has 0 fully saturated rings. The minimum atomic E-state index is -0.929. The molecular weight excluding hydrogens is 254 g/mol. The number of carbonyl (C=O) groups is 1. The Bertz CT molecular complexity index is 793. The zero-order chi connectivity index (χ0) is 14.1. The van der Waals surface area contributed by atoms with Gasteiger partial charge in [0.15, 0.2) is 0 Å².